The maximum atomic E-state index is 11.8. The molecule has 2 N–H and O–H groups in total. The Morgan fingerprint density at radius 3 is 2.40 bits per heavy atom. The summed E-state index contributed by atoms with van der Waals surface area (Å²) in [7, 11) is 0. The number of carboxylic acid groups (broad SMARTS) is 1. The largest absolute Gasteiger partial charge is 0.481 e. The number of aliphatic carboxylic acids is 1. The van der Waals surface area contributed by atoms with Crippen LogP contribution in [0.4, 0.5) is 8.78 Å². The Bertz CT molecular complexity index is 204. The molecule has 15 heavy (non-hydrogen) atoms. The molecule has 0 amide bonds. The average Bonchev–Trinajstić information content (AvgIpc) is 2.18. The zero-order valence-electron chi connectivity index (χ0n) is 8.59. The van der Waals surface area contributed by atoms with Crippen LogP contribution in [0.3, 0.4) is 0 Å². The van der Waals surface area contributed by atoms with Gasteiger partial charge >= 0.3 is 5.97 Å². The third-order valence-electron chi connectivity index (χ3n) is 2.93. The van der Waals surface area contributed by atoms with Crippen molar-refractivity contribution >= 4 is 5.97 Å². The lowest BCUT2D eigenvalue weighted by atomic mass is 9.82. The van der Waals surface area contributed by atoms with Crippen molar-refractivity contribution in [3.63, 3.8) is 0 Å². The van der Waals surface area contributed by atoms with Gasteiger partial charge in [0.05, 0.1) is 12.5 Å². The van der Waals surface area contributed by atoms with E-state index in [-0.39, 0.29) is 12.5 Å². The fourth-order valence-corrected chi connectivity index (χ4v) is 2.01. The van der Waals surface area contributed by atoms with Gasteiger partial charge in [-0.05, 0) is 38.1 Å². The minimum atomic E-state index is -2.31. The van der Waals surface area contributed by atoms with Gasteiger partial charge < -0.3 is 10.4 Å². The van der Waals surface area contributed by atoms with Gasteiger partial charge in [0.2, 0.25) is 0 Å². The first-order valence-corrected chi connectivity index (χ1v) is 5.31. The third-order valence-corrected chi connectivity index (χ3v) is 2.93. The van der Waals surface area contributed by atoms with Crippen molar-refractivity contribution in [3.05, 3.63) is 0 Å². The van der Waals surface area contributed by atoms with Gasteiger partial charge in [-0.1, -0.05) is 0 Å². The van der Waals surface area contributed by atoms with Crippen LogP contribution in [0.5, 0.6) is 0 Å². The molecule has 5 heteroatoms. The molecular formula is C10H17F2NO2. The van der Waals surface area contributed by atoms with Crippen LogP contribution < -0.4 is 5.32 Å². The van der Waals surface area contributed by atoms with Gasteiger partial charge in [-0.15, -0.1) is 0 Å². The Kier molecular flexibility index (Phi) is 4.94. The van der Waals surface area contributed by atoms with E-state index in [9.17, 15) is 13.6 Å². The summed E-state index contributed by atoms with van der Waals surface area (Å²) in [6, 6.07) is 0. The van der Waals surface area contributed by atoms with Gasteiger partial charge in [0.1, 0.15) is 0 Å². The highest BCUT2D eigenvalue weighted by molar-refractivity contribution is 5.69. The number of hydrogen-bond donors (Lipinski definition) is 2. The van der Waals surface area contributed by atoms with Crippen molar-refractivity contribution in [1.29, 1.82) is 0 Å². The number of hydrogen-bond acceptors (Lipinski definition) is 2. The number of alkyl halides is 2. The van der Waals surface area contributed by atoms with Gasteiger partial charge in [0.15, 0.2) is 0 Å². The Hall–Kier alpha value is -0.710. The van der Waals surface area contributed by atoms with Crippen molar-refractivity contribution in [3.8, 4) is 0 Å². The highest BCUT2D eigenvalue weighted by Gasteiger charge is 2.25. The second-order valence-corrected chi connectivity index (χ2v) is 4.11. The monoisotopic (exact) mass is 221 g/mol. The molecule has 0 aromatic carbocycles. The summed E-state index contributed by atoms with van der Waals surface area (Å²) in [6.45, 7) is 0.315. The summed E-state index contributed by atoms with van der Waals surface area (Å²) < 4.78 is 23.6. The Balaban J connectivity index is 2.12. The van der Waals surface area contributed by atoms with Crippen molar-refractivity contribution in [1.82, 2.24) is 5.32 Å². The lowest BCUT2D eigenvalue weighted by molar-refractivity contribution is -0.143. The summed E-state index contributed by atoms with van der Waals surface area (Å²) in [6.07, 6.45) is 0.702. The van der Waals surface area contributed by atoms with Crippen LogP contribution in [-0.2, 0) is 4.79 Å². The van der Waals surface area contributed by atoms with Crippen molar-refractivity contribution in [2.75, 3.05) is 13.1 Å². The molecule has 88 valence electrons. The minimum absolute atomic E-state index is 0.226. The van der Waals surface area contributed by atoms with Crippen LogP contribution in [-0.4, -0.2) is 30.6 Å². The molecule has 0 bridgehead atoms. The molecule has 0 radical (unpaired) electrons. The molecule has 1 aliphatic carbocycles. The van der Waals surface area contributed by atoms with E-state index in [1.165, 1.54) is 0 Å². The van der Waals surface area contributed by atoms with E-state index in [2.05, 4.69) is 5.32 Å². The quantitative estimate of drug-likeness (QED) is 0.743. The zero-order valence-corrected chi connectivity index (χ0v) is 8.59. The van der Waals surface area contributed by atoms with Crippen LogP contribution in [0, 0.1) is 11.8 Å². The molecule has 3 nitrogen and oxygen atoms in total. The fraction of sp³-hybridized carbons (Fsp3) is 0.900. The molecule has 1 saturated carbocycles. The molecule has 0 aromatic rings. The van der Waals surface area contributed by atoms with E-state index in [1.54, 1.807) is 0 Å². The van der Waals surface area contributed by atoms with Crippen LogP contribution in [0.15, 0.2) is 0 Å². The van der Waals surface area contributed by atoms with E-state index >= 15 is 0 Å². The first-order valence-electron chi connectivity index (χ1n) is 5.31. The van der Waals surface area contributed by atoms with E-state index in [4.69, 9.17) is 5.11 Å². The second kappa shape index (κ2) is 6.00. The summed E-state index contributed by atoms with van der Waals surface area (Å²) >= 11 is 0. The Labute approximate surface area is 87.9 Å². The standard InChI is InChI=1S/C10H17F2NO2/c11-9(12)6-13-5-7-1-3-8(4-2-7)10(14)15/h7-9,13H,1-6H2,(H,14,15). The smallest absolute Gasteiger partial charge is 0.306 e. The highest BCUT2D eigenvalue weighted by atomic mass is 19.3. The Morgan fingerprint density at radius 2 is 1.93 bits per heavy atom. The first-order chi connectivity index (χ1) is 7.09. The molecule has 1 rings (SSSR count). The molecule has 0 aromatic heterocycles. The summed E-state index contributed by atoms with van der Waals surface area (Å²) in [5.74, 6) is -0.593. The molecule has 0 unspecified atom stereocenters. The molecule has 0 aliphatic heterocycles. The predicted molar refractivity (Wildman–Crippen MR) is 52.0 cm³/mol. The van der Waals surface area contributed by atoms with Crippen LogP contribution in [0.2, 0.25) is 0 Å². The van der Waals surface area contributed by atoms with Gasteiger partial charge in [0.25, 0.3) is 6.43 Å². The molecule has 0 heterocycles. The molecule has 0 atom stereocenters. The first kappa shape index (κ1) is 12.4. The van der Waals surface area contributed by atoms with Crippen molar-refractivity contribution in [2.24, 2.45) is 11.8 Å². The predicted octanol–water partition coefficient (Wildman–Crippen LogP) is 1.73. The van der Waals surface area contributed by atoms with Gasteiger partial charge in [-0.3, -0.25) is 4.79 Å². The number of carbonyl (C=O) groups is 1. The van der Waals surface area contributed by atoms with E-state index in [0.29, 0.717) is 25.3 Å². The highest BCUT2D eigenvalue weighted by Crippen LogP contribution is 2.28. The third kappa shape index (κ3) is 4.55. The normalized spacial score (nSPS) is 26.9. The van der Waals surface area contributed by atoms with Crippen LogP contribution in [0.1, 0.15) is 25.7 Å². The lowest BCUT2D eigenvalue weighted by Crippen LogP contribution is -2.31. The number of rotatable bonds is 5. The summed E-state index contributed by atoms with van der Waals surface area (Å²) in [5, 5.41) is 11.5. The number of carboxylic acids is 1. The molecular weight excluding hydrogens is 204 g/mol. The molecule has 0 saturated heterocycles. The molecule has 1 aliphatic rings. The fourth-order valence-electron chi connectivity index (χ4n) is 2.01. The number of nitrogens with one attached hydrogen (secondary N) is 1. The van der Waals surface area contributed by atoms with E-state index in [0.717, 1.165) is 12.8 Å². The van der Waals surface area contributed by atoms with Gasteiger partial charge in [-0.2, -0.15) is 0 Å². The topological polar surface area (TPSA) is 49.3 Å². The molecule has 0 spiro atoms. The SMILES string of the molecule is O=C(O)C1CCC(CNCC(F)F)CC1. The van der Waals surface area contributed by atoms with E-state index in [1.807, 2.05) is 0 Å². The minimum Gasteiger partial charge on any atom is -0.481 e. The maximum Gasteiger partial charge on any atom is 0.306 e. The number of halogens is 2. The second-order valence-electron chi connectivity index (χ2n) is 4.11. The van der Waals surface area contributed by atoms with Crippen molar-refractivity contribution < 1.29 is 18.7 Å². The summed E-state index contributed by atoms with van der Waals surface area (Å²) in [5.41, 5.74) is 0. The van der Waals surface area contributed by atoms with Gasteiger partial charge in [-0.25, -0.2) is 8.78 Å². The van der Waals surface area contributed by atoms with Gasteiger partial charge in [0, 0.05) is 0 Å². The average molecular weight is 221 g/mol. The van der Waals surface area contributed by atoms with Crippen LogP contribution >= 0.6 is 0 Å². The lowest BCUT2D eigenvalue weighted by Gasteiger charge is -2.26. The van der Waals surface area contributed by atoms with Crippen LogP contribution in [0.25, 0.3) is 0 Å². The zero-order chi connectivity index (χ0) is 11.3. The van der Waals surface area contributed by atoms with Crippen molar-refractivity contribution in [2.45, 2.75) is 32.1 Å². The Morgan fingerprint density at radius 1 is 1.33 bits per heavy atom. The maximum absolute atomic E-state index is 11.8. The summed E-state index contributed by atoms with van der Waals surface area (Å²) in [4.78, 5) is 10.6. The molecule has 1 fully saturated rings. The van der Waals surface area contributed by atoms with E-state index < -0.39 is 12.4 Å².